The first-order chi connectivity index (χ1) is 8.63. The van der Waals surface area contributed by atoms with Crippen molar-refractivity contribution in [2.24, 2.45) is 0 Å². The van der Waals surface area contributed by atoms with Crippen LogP contribution in [0, 0.1) is 0 Å². The lowest BCUT2D eigenvalue weighted by atomic mass is 9.84. The minimum absolute atomic E-state index is 0.370. The van der Waals surface area contributed by atoms with Gasteiger partial charge in [-0.2, -0.15) is 11.8 Å². The van der Waals surface area contributed by atoms with Gasteiger partial charge in [0.25, 0.3) is 0 Å². The molecule has 1 aliphatic rings. The van der Waals surface area contributed by atoms with Gasteiger partial charge in [0.05, 0.1) is 11.0 Å². The molecule has 0 aliphatic heterocycles. The number of imidazole rings is 1. The van der Waals surface area contributed by atoms with Crippen LogP contribution in [0.3, 0.4) is 0 Å². The molecule has 0 bridgehead atoms. The summed E-state index contributed by atoms with van der Waals surface area (Å²) in [6, 6.07) is 6.16. The lowest BCUT2D eigenvalue weighted by Crippen LogP contribution is -2.38. The van der Waals surface area contributed by atoms with E-state index in [4.69, 9.17) is 5.73 Å². The second-order valence-electron chi connectivity index (χ2n) is 4.93. The van der Waals surface area contributed by atoms with Crippen molar-refractivity contribution in [3.8, 4) is 0 Å². The molecule has 0 radical (unpaired) electrons. The zero-order valence-electron chi connectivity index (χ0n) is 10.3. The summed E-state index contributed by atoms with van der Waals surface area (Å²) in [4.78, 5) is 4.45. The van der Waals surface area contributed by atoms with E-state index in [0.29, 0.717) is 10.7 Å². The van der Waals surface area contributed by atoms with Gasteiger partial charge >= 0.3 is 0 Å². The van der Waals surface area contributed by atoms with Crippen LogP contribution >= 0.6 is 27.7 Å². The molecule has 1 fully saturated rings. The fraction of sp³-hybridized carbons (Fsp3) is 0.462. The zero-order chi connectivity index (χ0) is 12.8. The lowest BCUT2D eigenvalue weighted by Gasteiger charge is -2.40. The molecule has 1 aromatic heterocycles. The molecule has 3 rings (SSSR count). The summed E-state index contributed by atoms with van der Waals surface area (Å²) in [7, 11) is 0. The average molecular weight is 326 g/mol. The van der Waals surface area contributed by atoms with Crippen LogP contribution in [0.4, 0.5) is 5.95 Å². The number of nitrogens with two attached hydrogens (primary N) is 1. The van der Waals surface area contributed by atoms with E-state index in [1.165, 1.54) is 19.3 Å². The summed E-state index contributed by atoms with van der Waals surface area (Å²) in [6.07, 6.45) is 6.09. The number of rotatable bonds is 3. The molecule has 0 unspecified atom stereocenters. The van der Waals surface area contributed by atoms with E-state index in [-0.39, 0.29) is 0 Å². The maximum Gasteiger partial charge on any atom is 0.201 e. The minimum atomic E-state index is 0.370. The second kappa shape index (κ2) is 4.46. The summed E-state index contributed by atoms with van der Waals surface area (Å²) in [5, 5.41) is 0. The maximum absolute atomic E-state index is 6.07. The van der Waals surface area contributed by atoms with Crippen LogP contribution < -0.4 is 5.73 Å². The normalized spacial score (nSPS) is 17.9. The molecule has 1 aromatic carbocycles. The molecular weight excluding hydrogens is 310 g/mol. The van der Waals surface area contributed by atoms with Crippen LogP contribution in [0.2, 0.25) is 0 Å². The molecular formula is C13H16BrN3S. The Kier molecular flexibility index (Phi) is 3.06. The Labute approximate surface area is 119 Å². The number of nitrogen functional groups attached to an aromatic ring is 1. The van der Waals surface area contributed by atoms with Gasteiger partial charge in [-0.05, 0) is 37.3 Å². The second-order valence-corrected chi connectivity index (χ2v) is 7.12. The number of anilines is 1. The van der Waals surface area contributed by atoms with Crippen LogP contribution in [0.1, 0.15) is 19.3 Å². The largest absolute Gasteiger partial charge is 0.369 e. The van der Waals surface area contributed by atoms with E-state index in [2.05, 4.69) is 37.8 Å². The van der Waals surface area contributed by atoms with Gasteiger partial charge in [0.15, 0.2) is 0 Å². The third kappa shape index (κ3) is 1.93. The van der Waals surface area contributed by atoms with Crippen molar-refractivity contribution in [1.29, 1.82) is 0 Å². The summed E-state index contributed by atoms with van der Waals surface area (Å²) in [5.74, 6) is 0.628. The predicted molar refractivity (Wildman–Crippen MR) is 81.9 cm³/mol. The highest BCUT2D eigenvalue weighted by molar-refractivity contribution is 9.10. The highest BCUT2D eigenvalue weighted by Crippen LogP contribution is 2.45. The molecule has 1 saturated carbocycles. The molecule has 18 heavy (non-hydrogen) atoms. The van der Waals surface area contributed by atoms with Gasteiger partial charge in [-0.1, -0.05) is 22.4 Å². The Bertz CT molecular complexity index is 584. The number of aromatic nitrogens is 2. The molecule has 1 heterocycles. The van der Waals surface area contributed by atoms with Crippen molar-refractivity contribution in [2.45, 2.75) is 30.6 Å². The fourth-order valence-electron chi connectivity index (χ4n) is 2.57. The monoisotopic (exact) mass is 325 g/mol. The van der Waals surface area contributed by atoms with Gasteiger partial charge in [-0.3, -0.25) is 0 Å². The van der Waals surface area contributed by atoms with E-state index in [9.17, 15) is 0 Å². The van der Waals surface area contributed by atoms with Crippen molar-refractivity contribution in [3.63, 3.8) is 0 Å². The highest BCUT2D eigenvalue weighted by atomic mass is 79.9. The van der Waals surface area contributed by atoms with Crippen LogP contribution in [-0.2, 0) is 6.54 Å². The summed E-state index contributed by atoms with van der Waals surface area (Å²) >= 11 is 5.44. The number of benzene rings is 1. The molecule has 0 spiro atoms. The molecule has 5 heteroatoms. The van der Waals surface area contributed by atoms with Crippen LogP contribution in [0.15, 0.2) is 22.7 Å². The van der Waals surface area contributed by atoms with E-state index >= 15 is 0 Å². The van der Waals surface area contributed by atoms with Gasteiger partial charge in [-0.15, -0.1) is 0 Å². The van der Waals surface area contributed by atoms with Crippen molar-refractivity contribution in [2.75, 3.05) is 12.0 Å². The number of halogens is 1. The molecule has 3 nitrogen and oxygen atoms in total. The first kappa shape index (κ1) is 12.4. The molecule has 1 aliphatic carbocycles. The van der Waals surface area contributed by atoms with Crippen molar-refractivity contribution in [1.82, 2.24) is 9.55 Å². The van der Waals surface area contributed by atoms with Crippen LogP contribution in [0.25, 0.3) is 11.0 Å². The molecule has 2 N–H and O–H groups in total. The van der Waals surface area contributed by atoms with Crippen molar-refractivity contribution >= 4 is 44.7 Å². The van der Waals surface area contributed by atoms with Gasteiger partial charge < -0.3 is 10.3 Å². The van der Waals surface area contributed by atoms with E-state index in [1.54, 1.807) is 0 Å². The molecule has 0 saturated heterocycles. The lowest BCUT2D eigenvalue weighted by molar-refractivity contribution is 0.326. The van der Waals surface area contributed by atoms with Gasteiger partial charge in [0.1, 0.15) is 0 Å². The fourth-order valence-corrected chi connectivity index (χ4v) is 3.88. The number of fused-ring (bicyclic) bond motifs is 1. The summed E-state index contributed by atoms with van der Waals surface area (Å²) in [6.45, 7) is 0.970. The third-order valence-electron chi connectivity index (χ3n) is 3.88. The molecule has 2 aromatic rings. The maximum atomic E-state index is 6.07. The Hall–Kier alpha value is -0.680. The minimum Gasteiger partial charge on any atom is -0.369 e. The summed E-state index contributed by atoms with van der Waals surface area (Å²) in [5.41, 5.74) is 8.18. The molecule has 96 valence electrons. The Morgan fingerprint density at radius 1 is 1.50 bits per heavy atom. The van der Waals surface area contributed by atoms with Crippen LogP contribution in [-0.4, -0.2) is 20.6 Å². The number of nitrogens with zero attached hydrogens (tertiary/aromatic N) is 2. The van der Waals surface area contributed by atoms with E-state index in [0.717, 1.165) is 22.1 Å². The Morgan fingerprint density at radius 3 is 2.89 bits per heavy atom. The van der Waals surface area contributed by atoms with E-state index < -0.39 is 0 Å². The highest BCUT2D eigenvalue weighted by Gasteiger charge is 2.37. The Morgan fingerprint density at radius 2 is 2.28 bits per heavy atom. The Balaban J connectivity index is 2.03. The van der Waals surface area contributed by atoms with Gasteiger partial charge in [0, 0.05) is 15.8 Å². The first-order valence-electron chi connectivity index (χ1n) is 6.10. The number of hydrogen-bond donors (Lipinski definition) is 1. The van der Waals surface area contributed by atoms with Crippen molar-refractivity contribution in [3.05, 3.63) is 22.7 Å². The van der Waals surface area contributed by atoms with Crippen LogP contribution in [0.5, 0.6) is 0 Å². The van der Waals surface area contributed by atoms with Gasteiger partial charge in [-0.25, -0.2) is 4.98 Å². The quantitative estimate of drug-likeness (QED) is 0.936. The average Bonchev–Trinajstić information content (AvgIpc) is 2.59. The molecule has 0 amide bonds. The summed E-state index contributed by atoms with van der Waals surface area (Å²) < 4.78 is 3.58. The van der Waals surface area contributed by atoms with Gasteiger partial charge in [0.2, 0.25) is 5.95 Å². The number of hydrogen-bond acceptors (Lipinski definition) is 3. The topological polar surface area (TPSA) is 43.8 Å². The van der Waals surface area contributed by atoms with Crippen molar-refractivity contribution < 1.29 is 0 Å². The predicted octanol–water partition coefficient (Wildman–Crippen LogP) is 3.67. The zero-order valence-corrected chi connectivity index (χ0v) is 12.7. The third-order valence-corrected chi connectivity index (χ3v) is 5.78. The van der Waals surface area contributed by atoms with E-state index in [1.807, 2.05) is 23.9 Å². The SMILES string of the molecule is CSC1(Cn2c(N)nc3cc(Br)ccc32)CCC1. The first-order valence-corrected chi connectivity index (χ1v) is 8.12. The standard InChI is InChI=1S/C13H16BrN3S/c1-18-13(5-2-6-13)8-17-11-4-3-9(14)7-10(11)16-12(17)15/h3-4,7H,2,5-6,8H2,1H3,(H2,15,16). The number of thioether (sulfide) groups is 1. The smallest absolute Gasteiger partial charge is 0.201 e. The molecule has 0 atom stereocenters.